The SMILES string of the molecule is Cc1nnc(Cn2cc(I)cn2)n1C. The third kappa shape index (κ3) is 1.79. The number of aromatic nitrogens is 5. The van der Waals surface area contributed by atoms with Crippen LogP contribution in [0.4, 0.5) is 0 Å². The zero-order chi connectivity index (χ0) is 10.1. The largest absolute Gasteiger partial charge is 0.317 e. The molecule has 0 saturated heterocycles. The summed E-state index contributed by atoms with van der Waals surface area (Å²) in [5.74, 6) is 1.84. The lowest BCUT2D eigenvalue weighted by molar-refractivity contribution is 0.627. The summed E-state index contributed by atoms with van der Waals surface area (Å²) in [5.41, 5.74) is 0. The van der Waals surface area contributed by atoms with Gasteiger partial charge in [-0.1, -0.05) is 0 Å². The monoisotopic (exact) mass is 303 g/mol. The second-order valence-corrected chi connectivity index (χ2v) is 4.32. The Balaban J connectivity index is 2.22. The molecule has 0 spiro atoms. The molecule has 0 amide bonds. The van der Waals surface area contributed by atoms with Gasteiger partial charge in [0.05, 0.1) is 9.77 Å². The van der Waals surface area contributed by atoms with E-state index in [1.165, 1.54) is 0 Å². The summed E-state index contributed by atoms with van der Waals surface area (Å²) in [6, 6.07) is 0. The van der Waals surface area contributed by atoms with Gasteiger partial charge < -0.3 is 4.57 Å². The first-order valence-corrected chi connectivity index (χ1v) is 5.27. The standard InChI is InChI=1S/C8H10IN5/c1-6-11-12-8(13(6)2)5-14-4-7(9)3-10-14/h3-4H,5H2,1-2H3. The zero-order valence-electron chi connectivity index (χ0n) is 7.98. The van der Waals surface area contributed by atoms with E-state index >= 15 is 0 Å². The number of halogens is 1. The van der Waals surface area contributed by atoms with E-state index in [-0.39, 0.29) is 0 Å². The fourth-order valence-electron chi connectivity index (χ4n) is 1.16. The quantitative estimate of drug-likeness (QED) is 0.777. The minimum atomic E-state index is 0.667. The minimum absolute atomic E-state index is 0.667. The Morgan fingerprint density at radius 1 is 1.43 bits per heavy atom. The number of hydrogen-bond acceptors (Lipinski definition) is 3. The molecule has 74 valence electrons. The maximum Gasteiger partial charge on any atom is 0.154 e. The Morgan fingerprint density at radius 3 is 2.71 bits per heavy atom. The first kappa shape index (κ1) is 9.63. The molecule has 0 bridgehead atoms. The van der Waals surface area contributed by atoms with Crippen molar-refractivity contribution in [1.82, 2.24) is 24.5 Å². The molecule has 0 aromatic carbocycles. The predicted molar refractivity (Wildman–Crippen MR) is 59.8 cm³/mol. The lowest BCUT2D eigenvalue weighted by atomic mass is 10.5. The summed E-state index contributed by atoms with van der Waals surface area (Å²) >= 11 is 2.23. The molecule has 0 N–H and O–H groups in total. The van der Waals surface area contributed by atoms with E-state index < -0.39 is 0 Å². The first-order valence-electron chi connectivity index (χ1n) is 4.19. The van der Waals surface area contributed by atoms with Gasteiger partial charge in [-0.2, -0.15) is 5.10 Å². The fraction of sp³-hybridized carbons (Fsp3) is 0.375. The topological polar surface area (TPSA) is 48.5 Å². The van der Waals surface area contributed by atoms with Gasteiger partial charge in [0.25, 0.3) is 0 Å². The number of rotatable bonds is 2. The number of hydrogen-bond donors (Lipinski definition) is 0. The Morgan fingerprint density at radius 2 is 2.21 bits per heavy atom. The maximum atomic E-state index is 4.19. The van der Waals surface area contributed by atoms with Crippen LogP contribution in [0.25, 0.3) is 0 Å². The third-order valence-corrected chi connectivity index (χ3v) is 2.64. The van der Waals surface area contributed by atoms with Crippen LogP contribution >= 0.6 is 22.6 Å². The van der Waals surface area contributed by atoms with Crippen LogP contribution in [0.3, 0.4) is 0 Å². The molecule has 0 aliphatic carbocycles. The van der Waals surface area contributed by atoms with Gasteiger partial charge >= 0.3 is 0 Å². The fourth-order valence-corrected chi connectivity index (χ4v) is 1.60. The molecule has 0 radical (unpaired) electrons. The van der Waals surface area contributed by atoms with Gasteiger partial charge in [0.1, 0.15) is 12.4 Å². The van der Waals surface area contributed by atoms with Gasteiger partial charge in [-0.25, -0.2) is 0 Å². The molecule has 0 atom stereocenters. The summed E-state index contributed by atoms with van der Waals surface area (Å²) in [7, 11) is 1.96. The van der Waals surface area contributed by atoms with Gasteiger partial charge in [-0.15, -0.1) is 10.2 Å². The van der Waals surface area contributed by atoms with E-state index in [0.717, 1.165) is 15.2 Å². The highest BCUT2D eigenvalue weighted by molar-refractivity contribution is 14.1. The van der Waals surface area contributed by atoms with E-state index in [9.17, 15) is 0 Å². The molecule has 0 fully saturated rings. The second-order valence-electron chi connectivity index (χ2n) is 3.08. The highest BCUT2D eigenvalue weighted by Gasteiger charge is 2.05. The van der Waals surface area contributed by atoms with Crippen molar-refractivity contribution < 1.29 is 0 Å². The molecule has 6 heteroatoms. The minimum Gasteiger partial charge on any atom is -0.317 e. The van der Waals surface area contributed by atoms with Crippen molar-refractivity contribution in [2.75, 3.05) is 0 Å². The van der Waals surface area contributed by atoms with E-state index in [1.54, 1.807) is 0 Å². The van der Waals surface area contributed by atoms with Gasteiger partial charge in [-0.05, 0) is 29.5 Å². The lowest BCUT2D eigenvalue weighted by Crippen LogP contribution is -2.06. The molecule has 0 aliphatic rings. The van der Waals surface area contributed by atoms with Gasteiger partial charge in [-0.3, -0.25) is 4.68 Å². The summed E-state index contributed by atoms with van der Waals surface area (Å²) in [6.45, 7) is 2.60. The Hall–Kier alpha value is -0.920. The normalized spacial score (nSPS) is 10.8. The van der Waals surface area contributed by atoms with Crippen LogP contribution in [-0.4, -0.2) is 24.5 Å². The second kappa shape index (κ2) is 3.68. The van der Waals surface area contributed by atoms with E-state index in [0.29, 0.717) is 6.54 Å². The summed E-state index contributed by atoms with van der Waals surface area (Å²) in [6.07, 6.45) is 3.80. The van der Waals surface area contributed by atoms with Crippen molar-refractivity contribution in [1.29, 1.82) is 0 Å². The zero-order valence-corrected chi connectivity index (χ0v) is 10.1. The van der Waals surface area contributed by atoms with Crippen molar-refractivity contribution in [2.45, 2.75) is 13.5 Å². The average molecular weight is 303 g/mol. The van der Waals surface area contributed by atoms with Crippen LogP contribution in [-0.2, 0) is 13.6 Å². The molecule has 0 unspecified atom stereocenters. The molecular weight excluding hydrogens is 293 g/mol. The number of nitrogens with zero attached hydrogens (tertiary/aromatic N) is 5. The predicted octanol–water partition coefficient (Wildman–Crippen LogP) is 0.973. The van der Waals surface area contributed by atoms with Crippen LogP contribution in [0.2, 0.25) is 0 Å². The highest BCUT2D eigenvalue weighted by atomic mass is 127. The van der Waals surface area contributed by atoms with Crippen molar-refractivity contribution >= 4 is 22.6 Å². The highest BCUT2D eigenvalue weighted by Crippen LogP contribution is 2.04. The van der Waals surface area contributed by atoms with Crippen LogP contribution in [0.1, 0.15) is 11.6 Å². The van der Waals surface area contributed by atoms with Crippen LogP contribution in [0, 0.1) is 10.5 Å². The summed E-state index contributed by atoms with van der Waals surface area (Å²) in [4.78, 5) is 0. The van der Waals surface area contributed by atoms with Crippen LogP contribution in [0.15, 0.2) is 12.4 Å². The molecule has 14 heavy (non-hydrogen) atoms. The number of aryl methyl sites for hydroxylation is 1. The average Bonchev–Trinajstić information content (AvgIpc) is 2.67. The Kier molecular flexibility index (Phi) is 2.53. The van der Waals surface area contributed by atoms with Gasteiger partial charge in [0, 0.05) is 13.2 Å². The molecule has 2 rings (SSSR count). The lowest BCUT2D eigenvalue weighted by Gasteiger charge is -2.01. The van der Waals surface area contributed by atoms with Crippen molar-refractivity contribution in [3.05, 3.63) is 27.6 Å². The van der Waals surface area contributed by atoms with E-state index in [1.807, 2.05) is 35.6 Å². The van der Waals surface area contributed by atoms with Crippen LogP contribution < -0.4 is 0 Å². The molecule has 5 nitrogen and oxygen atoms in total. The molecular formula is C8H10IN5. The first-order chi connectivity index (χ1) is 6.66. The molecule has 0 aliphatic heterocycles. The molecule has 2 heterocycles. The Labute approximate surface area is 95.3 Å². The molecule has 2 aromatic heterocycles. The van der Waals surface area contributed by atoms with Gasteiger partial charge in [0.2, 0.25) is 0 Å². The van der Waals surface area contributed by atoms with Gasteiger partial charge in [0.15, 0.2) is 5.82 Å². The third-order valence-electron chi connectivity index (χ3n) is 2.09. The smallest absolute Gasteiger partial charge is 0.154 e. The Bertz CT molecular complexity index is 444. The van der Waals surface area contributed by atoms with Crippen molar-refractivity contribution in [3.63, 3.8) is 0 Å². The van der Waals surface area contributed by atoms with Crippen molar-refractivity contribution in [2.24, 2.45) is 7.05 Å². The summed E-state index contributed by atoms with van der Waals surface area (Å²) in [5, 5.41) is 12.2. The molecule has 2 aromatic rings. The molecule has 0 saturated carbocycles. The maximum absolute atomic E-state index is 4.19. The van der Waals surface area contributed by atoms with E-state index in [4.69, 9.17) is 0 Å². The van der Waals surface area contributed by atoms with Crippen LogP contribution in [0.5, 0.6) is 0 Å². The van der Waals surface area contributed by atoms with Crippen molar-refractivity contribution in [3.8, 4) is 0 Å². The van der Waals surface area contributed by atoms with E-state index in [2.05, 4.69) is 37.9 Å². The summed E-state index contributed by atoms with van der Waals surface area (Å²) < 4.78 is 4.95.